The summed E-state index contributed by atoms with van der Waals surface area (Å²) in [5.74, 6) is 0. The summed E-state index contributed by atoms with van der Waals surface area (Å²) in [5, 5.41) is 0. The second-order valence-electron chi connectivity index (χ2n) is 2.57. The average molecular weight is 177 g/mol. The molecule has 1 aromatic carbocycles. The highest BCUT2D eigenvalue weighted by atomic mass is 19.2. The Morgan fingerprint density at radius 1 is 1.31 bits per heavy atom. The standard InChI is InChI=1S/C11H12FN/c1-2-3-9-11(13-12)10-7-5-4-6-8-10/h2-9,13H,1H3/b3-2-,11-9-. The summed E-state index contributed by atoms with van der Waals surface area (Å²) in [6, 6.07) is 9.34. The normalized spacial score (nSPS) is 12.0. The fourth-order valence-corrected chi connectivity index (χ4v) is 0.992. The van der Waals surface area contributed by atoms with E-state index < -0.39 is 0 Å². The van der Waals surface area contributed by atoms with E-state index in [9.17, 15) is 4.48 Å². The van der Waals surface area contributed by atoms with E-state index in [0.29, 0.717) is 5.70 Å². The Morgan fingerprint density at radius 2 is 2.00 bits per heavy atom. The highest BCUT2D eigenvalue weighted by molar-refractivity contribution is 5.64. The molecule has 68 valence electrons. The van der Waals surface area contributed by atoms with Crippen LogP contribution < -0.4 is 5.54 Å². The second-order valence-corrected chi connectivity index (χ2v) is 2.57. The highest BCUT2D eigenvalue weighted by Crippen LogP contribution is 2.10. The zero-order chi connectivity index (χ0) is 9.52. The minimum absolute atomic E-state index is 0.471. The lowest BCUT2D eigenvalue weighted by Gasteiger charge is -2.01. The molecule has 0 amide bonds. The van der Waals surface area contributed by atoms with Gasteiger partial charge >= 0.3 is 0 Å². The van der Waals surface area contributed by atoms with Crippen LogP contribution in [0.1, 0.15) is 12.5 Å². The molecule has 0 heterocycles. The molecular formula is C11H12FN. The molecule has 2 heteroatoms. The summed E-state index contributed by atoms with van der Waals surface area (Å²) in [6.07, 6.45) is 5.32. The number of halogens is 1. The SMILES string of the molecule is C/C=C\C=C(/NF)c1ccccc1. The topological polar surface area (TPSA) is 12.0 Å². The molecule has 1 rings (SSSR count). The second kappa shape index (κ2) is 5.14. The van der Waals surface area contributed by atoms with E-state index in [0.717, 1.165) is 5.56 Å². The van der Waals surface area contributed by atoms with E-state index in [4.69, 9.17) is 0 Å². The van der Waals surface area contributed by atoms with E-state index in [-0.39, 0.29) is 0 Å². The third-order valence-corrected chi connectivity index (χ3v) is 1.64. The Morgan fingerprint density at radius 3 is 2.54 bits per heavy atom. The third kappa shape index (κ3) is 2.75. The lowest BCUT2D eigenvalue weighted by atomic mass is 10.1. The van der Waals surface area contributed by atoms with Crippen molar-refractivity contribution in [3.63, 3.8) is 0 Å². The molecule has 1 N–H and O–H groups in total. The Bertz CT molecular complexity index is 301. The summed E-state index contributed by atoms with van der Waals surface area (Å²) >= 11 is 0. The van der Waals surface area contributed by atoms with Crippen LogP contribution in [0, 0.1) is 0 Å². The van der Waals surface area contributed by atoms with Crippen LogP contribution in [0.25, 0.3) is 5.70 Å². The average Bonchev–Trinajstić information content (AvgIpc) is 2.21. The minimum Gasteiger partial charge on any atom is -0.224 e. The smallest absolute Gasteiger partial charge is 0.0727 e. The number of hydrogen-bond acceptors (Lipinski definition) is 1. The molecule has 0 radical (unpaired) electrons. The van der Waals surface area contributed by atoms with Gasteiger partial charge in [-0.15, -0.1) is 4.48 Å². The van der Waals surface area contributed by atoms with Crippen molar-refractivity contribution in [2.24, 2.45) is 0 Å². The molecular weight excluding hydrogens is 165 g/mol. The predicted octanol–water partition coefficient (Wildman–Crippen LogP) is 3.08. The van der Waals surface area contributed by atoms with Gasteiger partial charge in [-0.1, -0.05) is 42.5 Å². The molecule has 0 atom stereocenters. The first-order valence-electron chi connectivity index (χ1n) is 4.13. The first-order chi connectivity index (χ1) is 6.38. The molecule has 0 saturated heterocycles. The van der Waals surface area contributed by atoms with Crippen molar-refractivity contribution >= 4 is 5.70 Å². The largest absolute Gasteiger partial charge is 0.224 e. The van der Waals surface area contributed by atoms with E-state index in [2.05, 4.69) is 0 Å². The van der Waals surface area contributed by atoms with Crippen LogP contribution in [-0.4, -0.2) is 0 Å². The first kappa shape index (κ1) is 9.52. The first-order valence-corrected chi connectivity index (χ1v) is 4.13. The Balaban J connectivity index is 2.91. The molecule has 0 unspecified atom stereocenters. The Hall–Kier alpha value is -1.57. The van der Waals surface area contributed by atoms with Gasteiger partial charge in [0, 0.05) is 5.56 Å². The fourth-order valence-electron chi connectivity index (χ4n) is 0.992. The zero-order valence-electron chi connectivity index (χ0n) is 7.50. The Labute approximate surface area is 77.5 Å². The molecule has 0 fully saturated rings. The van der Waals surface area contributed by atoms with Crippen LogP contribution in [0.15, 0.2) is 48.6 Å². The van der Waals surface area contributed by atoms with Crippen molar-refractivity contribution in [1.29, 1.82) is 0 Å². The predicted molar refractivity (Wildman–Crippen MR) is 53.5 cm³/mol. The van der Waals surface area contributed by atoms with Crippen LogP contribution in [0.3, 0.4) is 0 Å². The van der Waals surface area contributed by atoms with Crippen LogP contribution in [0.5, 0.6) is 0 Å². The van der Waals surface area contributed by atoms with Gasteiger partial charge in [0.05, 0.1) is 5.70 Å². The molecule has 1 nitrogen and oxygen atoms in total. The van der Waals surface area contributed by atoms with Crippen molar-refractivity contribution in [2.75, 3.05) is 0 Å². The van der Waals surface area contributed by atoms with E-state index in [1.165, 1.54) is 0 Å². The van der Waals surface area contributed by atoms with Crippen molar-refractivity contribution in [3.8, 4) is 0 Å². The minimum atomic E-state index is 0.471. The van der Waals surface area contributed by atoms with Gasteiger partial charge in [0.25, 0.3) is 0 Å². The van der Waals surface area contributed by atoms with Gasteiger partial charge in [-0.2, -0.15) is 0 Å². The van der Waals surface area contributed by atoms with E-state index in [1.807, 2.05) is 43.3 Å². The van der Waals surface area contributed by atoms with Gasteiger partial charge < -0.3 is 0 Å². The molecule has 13 heavy (non-hydrogen) atoms. The molecule has 0 aliphatic rings. The number of rotatable bonds is 3. The van der Waals surface area contributed by atoms with Crippen molar-refractivity contribution < 1.29 is 4.48 Å². The van der Waals surface area contributed by atoms with Crippen LogP contribution in [0.2, 0.25) is 0 Å². The maximum atomic E-state index is 12.3. The lowest BCUT2D eigenvalue weighted by Crippen LogP contribution is -1.98. The molecule has 1 aromatic rings. The van der Waals surface area contributed by atoms with E-state index in [1.54, 1.807) is 17.7 Å². The molecule has 0 spiro atoms. The van der Waals surface area contributed by atoms with Crippen LogP contribution >= 0.6 is 0 Å². The lowest BCUT2D eigenvalue weighted by molar-refractivity contribution is 0.420. The maximum Gasteiger partial charge on any atom is 0.0727 e. The van der Waals surface area contributed by atoms with Crippen molar-refractivity contribution in [3.05, 3.63) is 54.1 Å². The molecule has 0 saturated carbocycles. The zero-order valence-corrected chi connectivity index (χ0v) is 7.50. The molecule has 0 aromatic heterocycles. The number of allylic oxidation sites excluding steroid dienone is 3. The number of nitrogens with one attached hydrogen (secondary N) is 1. The van der Waals surface area contributed by atoms with Crippen molar-refractivity contribution in [2.45, 2.75) is 6.92 Å². The molecule has 0 bridgehead atoms. The maximum absolute atomic E-state index is 12.3. The van der Waals surface area contributed by atoms with Gasteiger partial charge in [-0.25, -0.2) is 5.54 Å². The number of hydrogen-bond donors (Lipinski definition) is 1. The Kier molecular flexibility index (Phi) is 3.76. The third-order valence-electron chi connectivity index (χ3n) is 1.64. The van der Waals surface area contributed by atoms with Gasteiger partial charge in [-0.05, 0) is 13.0 Å². The number of benzene rings is 1. The quantitative estimate of drug-likeness (QED) is 0.552. The van der Waals surface area contributed by atoms with Crippen LogP contribution in [0.4, 0.5) is 4.48 Å². The summed E-state index contributed by atoms with van der Waals surface area (Å²) in [7, 11) is 0. The van der Waals surface area contributed by atoms with Gasteiger partial charge in [-0.3, -0.25) is 0 Å². The van der Waals surface area contributed by atoms with Gasteiger partial charge in [0.2, 0.25) is 0 Å². The molecule has 0 aliphatic carbocycles. The summed E-state index contributed by atoms with van der Waals surface area (Å²) < 4.78 is 12.3. The van der Waals surface area contributed by atoms with E-state index >= 15 is 0 Å². The summed E-state index contributed by atoms with van der Waals surface area (Å²) in [4.78, 5) is 0. The summed E-state index contributed by atoms with van der Waals surface area (Å²) in [5.41, 5.74) is 2.97. The fraction of sp³-hybridized carbons (Fsp3) is 0.0909. The highest BCUT2D eigenvalue weighted by Gasteiger charge is 1.96. The van der Waals surface area contributed by atoms with Gasteiger partial charge in [0.1, 0.15) is 0 Å². The van der Waals surface area contributed by atoms with Crippen LogP contribution in [-0.2, 0) is 0 Å². The monoisotopic (exact) mass is 177 g/mol. The summed E-state index contributed by atoms with van der Waals surface area (Å²) in [6.45, 7) is 1.89. The van der Waals surface area contributed by atoms with Gasteiger partial charge in [0.15, 0.2) is 0 Å². The van der Waals surface area contributed by atoms with Crippen molar-refractivity contribution in [1.82, 2.24) is 5.54 Å². The molecule has 0 aliphatic heterocycles.